The number of benzene rings is 1. The van der Waals surface area contributed by atoms with Gasteiger partial charge in [0.25, 0.3) is 5.91 Å². The fourth-order valence-corrected chi connectivity index (χ4v) is 1.66. The second-order valence-corrected chi connectivity index (χ2v) is 4.57. The molecule has 0 heterocycles. The van der Waals surface area contributed by atoms with Gasteiger partial charge >= 0.3 is 5.97 Å². The Balaban J connectivity index is 2.89. The quantitative estimate of drug-likeness (QED) is 0.836. The average Bonchev–Trinajstić information content (AvgIpc) is 2.43. The molecule has 0 aliphatic heterocycles. The number of nitrogens with one attached hydrogen (secondary N) is 1. The van der Waals surface area contributed by atoms with Crippen LogP contribution in [0, 0.1) is 11.7 Å². The van der Waals surface area contributed by atoms with Gasteiger partial charge in [-0.1, -0.05) is 13.8 Å². The number of halogens is 1. The van der Waals surface area contributed by atoms with Crippen LogP contribution in [0.15, 0.2) is 18.2 Å². The van der Waals surface area contributed by atoms with Crippen LogP contribution in [0.4, 0.5) is 4.39 Å². The summed E-state index contributed by atoms with van der Waals surface area (Å²) < 4.78 is 22.9. The van der Waals surface area contributed by atoms with Crippen molar-refractivity contribution in [1.82, 2.24) is 5.32 Å². The highest BCUT2D eigenvalue weighted by atomic mass is 19.1. The molecule has 1 aromatic carbocycles. The number of carbonyl (C=O) groups is 2. The number of methoxy groups -OCH3 is 2. The zero-order valence-electron chi connectivity index (χ0n) is 11.9. The van der Waals surface area contributed by atoms with Gasteiger partial charge in [0.15, 0.2) is 11.6 Å². The van der Waals surface area contributed by atoms with Crippen molar-refractivity contribution < 1.29 is 23.5 Å². The van der Waals surface area contributed by atoms with Crippen molar-refractivity contribution in [2.45, 2.75) is 19.9 Å². The first-order chi connectivity index (χ1) is 9.40. The predicted molar refractivity (Wildman–Crippen MR) is 71.1 cm³/mol. The Morgan fingerprint density at radius 3 is 2.35 bits per heavy atom. The molecule has 0 saturated carbocycles. The van der Waals surface area contributed by atoms with E-state index in [1.807, 2.05) is 0 Å². The van der Waals surface area contributed by atoms with Crippen molar-refractivity contribution in [2.24, 2.45) is 5.92 Å². The van der Waals surface area contributed by atoms with Gasteiger partial charge in [-0.25, -0.2) is 9.18 Å². The van der Waals surface area contributed by atoms with Crippen molar-refractivity contribution in [1.29, 1.82) is 0 Å². The Morgan fingerprint density at radius 1 is 1.25 bits per heavy atom. The first-order valence-corrected chi connectivity index (χ1v) is 6.13. The van der Waals surface area contributed by atoms with E-state index in [0.29, 0.717) is 0 Å². The van der Waals surface area contributed by atoms with Crippen molar-refractivity contribution in [3.8, 4) is 5.75 Å². The Morgan fingerprint density at radius 2 is 1.90 bits per heavy atom. The zero-order valence-corrected chi connectivity index (χ0v) is 11.9. The van der Waals surface area contributed by atoms with E-state index in [-0.39, 0.29) is 17.2 Å². The van der Waals surface area contributed by atoms with Crippen LogP contribution in [0.5, 0.6) is 5.75 Å². The van der Waals surface area contributed by atoms with Gasteiger partial charge in [0.2, 0.25) is 0 Å². The first-order valence-electron chi connectivity index (χ1n) is 6.13. The van der Waals surface area contributed by atoms with Gasteiger partial charge in [-0.2, -0.15) is 0 Å². The lowest BCUT2D eigenvalue weighted by Gasteiger charge is -2.19. The maximum absolute atomic E-state index is 13.5. The summed E-state index contributed by atoms with van der Waals surface area (Å²) in [7, 11) is 2.58. The van der Waals surface area contributed by atoms with E-state index in [9.17, 15) is 14.0 Å². The molecule has 1 atom stereocenters. The largest absolute Gasteiger partial charge is 0.494 e. The van der Waals surface area contributed by atoms with Crippen LogP contribution >= 0.6 is 0 Å². The molecule has 0 radical (unpaired) electrons. The molecule has 6 heteroatoms. The highest BCUT2D eigenvalue weighted by Crippen LogP contribution is 2.18. The number of esters is 1. The molecule has 0 aliphatic carbocycles. The van der Waals surface area contributed by atoms with Crippen LogP contribution in [-0.2, 0) is 9.53 Å². The number of rotatable bonds is 5. The number of carbonyl (C=O) groups excluding carboxylic acids is 2. The molecule has 110 valence electrons. The van der Waals surface area contributed by atoms with Gasteiger partial charge < -0.3 is 14.8 Å². The summed E-state index contributed by atoms with van der Waals surface area (Å²) in [4.78, 5) is 23.6. The Labute approximate surface area is 117 Å². The molecule has 0 fully saturated rings. The monoisotopic (exact) mass is 283 g/mol. The summed E-state index contributed by atoms with van der Waals surface area (Å²) in [6.07, 6.45) is 0. The van der Waals surface area contributed by atoms with Crippen molar-refractivity contribution in [3.05, 3.63) is 29.6 Å². The maximum Gasteiger partial charge on any atom is 0.328 e. The lowest BCUT2D eigenvalue weighted by molar-refractivity contribution is -0.144. The highest BCUT2D eigenvalue weighted by Gasteiger charge is 2.25. The summed E-state index contributed by atoms with van der Waals surface area (Å²) in [5, 5.41) is 2.53. The number of ether oxygens (including phenoxy) is 2. The molecule has 0 bridgehead atoms. The topological polar surface area (TPSA) is 64.6 Å². The van der Waals surface area contributed by atoms with Gasteiger partial charge in [-0.15, -0.1) is 0 Å². The van der Waals surface area contributed by atoms with Crippen molar-refractivity contribution >= 4 is 11.9 Å². The van der Waals surface area contributed by atoms with Crippen molar-refractivity contribution in [2.75, 3.05) is 14.2 Å². The standard InChI is InChI=1S/C14H18FNO4/c1-8(2)12(14(18)20-4)16-13(17)9-5-6-11(19-3)10(15)7-9/h5-8,12H,1-4H3,(H,16,17). The van der Waals surface area contributed by atoms with Crippen LogP contribution in [0.1, 0.15) is 24.2 Å². The predicted octanol–water partition coefficient (Wildman–Crippen LogP) is 1.76. The summed E-state index contributed by atoms with van der Waals surface area (Å²) in [6.45, 7) is 3.55. The molecule has 1 rings (SSSR count). The van der Waals surface area contributed by atoms with E-state index in [0.717, 1.165) is 6.07 Å². The molecule has 5 nitrogen and oxygen atoms in total. The fraction of sp³-hybridized carbons (Fsp3) is 0.429. The lowest BCUT2D eigenvalue weighted by atomic mass is 10.0. The molecule has 0 spiro atoms. The number of hydrogen-bond donors (Lipinski definition) is 1. The number of hydrogen-bond acceptors (Lipinski definition) is 4. The SMILES string of the molecule is COC(=O)C(NC(=O)c1ccc(OC)c(F)c1)C(C)C. The smallest absolute Gasteiger partial charge is 0.328 e. The summed E-state index contributed by atoms with van der Waals surface area (Å²) in [5.74, 6) is -1.82. The van der Waals surface area contributed by atoms with Crippen molar-refractivity contribution in [3.63, 3.8) is 0 Å². The minimum Gasteiger partial charge on any atom is -0.494 e. The third-order valence-corrected chi connectivity index (χ3v) is 2.82. The molecule has 20 heavy (non-hydrogen) atoms. The molecule has 0 aromatic heterocycles. The zero-order chi connectivity index (χ0) is 15.3. The first kappa shape index (κ1) is 15.9. The second kappa shape index (κ2) is 6.88. The Bertz CT molecular complexity index is 502. The summed E-state index contributed by atoms with van der Waals surface area (Å²) in [5.41, 5.74) is 0.109. The molecule has 0 aliphatic rings. The highest BCUT2D eigenvalue weighted by molar-refractivity contribution is 5.97. The molecular formula is C14H18FNO4. The minimum absolute atomic E-state index is 0.0509. The van der Waals surface area contributed by atoms with Gasteiger partial charge in [-0.3, -0.25) is 4.79 Å². The second-order valence-electron chi connectivity index (χ2n) is 4.57. The van der Waals surface area contributed by atoms with E-state index in [2.05, 4.69) is 10.1 Å². The Kier molecular flexibility index (Phi) is 5.49. The van der Waals surface area contributed by atoms with E-state index in [4.69, 9.17) is 4.74 Å². The van der Waals surface area contributed by atoms with E-state index >= 15 is 0 Å². The maximum atomic E-state index is 13.5. The number of amides is 1. The van der Waals surface area contributed by atoms with E-state index in [1.54, 1.807) is 13.8 Å². The van der Waals surface area contributed by atoms with E-state index < -0.39 is 23.7 Å². The summed E-state index contributed by atoms with van der Waals surface area (Å²) in [6, 6.07) is 3.05. The molecule has 1 amide bonds. The van der Waals surface area contributed by atoms with Gasteiger partial charge in [0, 0.05) is 5.56 Å². The Hall–Kier alpha value is -2.11. The lowest BCUT2D eigenvalue weighted by Crippen LogP contribution is -2.45. The van der Waals surface area contributed by atoms with Gasteiger partial charge in [0.1, 0.15) is 6.04 Å². The van der Waals surface area contributed by atoms with Crippen LogP contribution in [0.3, 0.4) is 0 Å². The van der Waals surface area contributed by atoms with Gasteiger partial charge in [0.05, 0.1) is 14.2 Å². The molecular weight excluding hydrogens is 265 g/mol. The third-order valence-electron chi connectivity index (χ3n) is 2.82. The van der Waals surface area contributed by atoms with Gasteiger partial charge in [-0.05, 0) is 24.1 Å². The fourth-order valence-electron chi connectivity index (χ4n) is 1.66. The average molecular weight is 283 g/mol. The van der Waals surface area contributed by atoms with Crippen LogP contribution < -0.4 is 10.1 Å². The normalized spacial score (nSPS) is 11.9. The van der Waals surface area contributed by atoms with Crippen LogP contribution in [-0.4, -0.2) is 32.1 Å². The van der Waals surface area contributed by atoms with E-state index in [1.165, 1.54) is 26.4 Å². The third kappa shape index (κ3) is 3.69. The molecule has 1 aromatic rings. The van der Waals surface area contributed by atoms with Crippen LogP contribution in [0.2, 0.25) is 0 Å². The molecule has 1 N–H and O–H groups in total. The minimum atomic E-state index is -0.780. The molecule has 0 saturated heterocycles. The summed E-state index contributed by atoms with van der Waals surface area (Å²) >= 11 is 0. The molecule has 1 unspecified atom stereocenters. The van der Waals surface area contributed by atoms with Crippen LogP contribution in [0.25, 0.3) is 0 Å².